The van der Waals surface area contributed by atoms with Crippen molar-refractivity contribution in [2.24, 2.45) is 0 Å². The van der Waals surface area contributed by atoms with E-state index in [1.54, 1.807) is 19.1 Å². The van der Waals surface area contributed by atoms with Gasteiger partial charge in [-0.2, -0.15) is 9.40 Å². The first kappa shape index (κ1) is 16.6. The van der Waals surface area contributed by atoms with E-state index in [1.165, 1.54) is 11.4 Å². The lowest BCUT2D eigenvalue weighted by atomic mass is 10.2. The summed E-state index contributed by atoms with van der Waals surface area (Å²) in [7, 11) is -2.13. The van der Waals surface area contributed by atoms with Crippen molar-refractivity contribution < 1.29 is 8.42 Å². The second-order valence-electron chi connectivity index (χ2n) is 4.63. The summed E-state index contributed by atoms with van der Waals surface area (Å²) in [5.41, 5.74) is 0.952. The van der Waals surface area contributed by atoms with Gasteiger partial charge in [-0.1, -0.05) is 15.9 Å². The van der Waals surface area contributed by atoms with Crippen molar-refractivity contribution >= 4 is 41.9 Å². The number of aryl methyl sites for hydroxylation is 2. The molecule has 0 bridgehead atoms. The fourth-order valence-corrected chi connectivity index (χ4v) is 4.50. The Morgan fingerprint density at radius 1 is 1.24 bits per heavy atom. The van der Waals surface area contributed by atoms with Gasteiger partial charge in [0.05, 0.1) is 11.4 Å². The minimum Gasteiger partial charge on any atom is -0.263 e. The smallest absolute Gasteiger partial charge is 0.244 e. The summed E-state index contributed by atoms with van der Waals surface area (Å²) in [4.78, 5) is 4.32. The quantitative estimate of drug-likeness (QED) is 0.797. The highest BCUT2D eigenvalue weighted by Gasteiger charge is 2.25. The molecule has 0 fully saturated rings. The largest absolute Gasteiger partial charge is 0.263 e. The monoisotopic (exact) mass is 436 g/mol. The Balaban J connectivity index is 2.35. The molecule has 6 nitrogen and oxygen atoms in total. The van der Waals surface area contributed by atoms with Crippen LogP contribution in [-0.2, 0) is 16.6 Å². The maximum Gasteiger partial charge on any atom is 0.244 e. The zero-order valence-electron chi connectivity index (χ0n) is 11.7. The van der Waals surface area contributed by atoms with Crippen molar-refractivity contribution in [3.05, 3.63) is 38.3 Å². The van der Waals surface area contributed by atoms with E-state index in [4.69, 9.17) is 0 Å². The average Bonchev–Trinajstić information content (AvgIpc) is 2.79. The number of hydrogen-bond acceptors (Lipinski definition) is 4. The molecule has 0 saturated carbocycles. The highest BCUT2D eigenvalue weighted by atomic mass is 79.9. The Morgan fingerprint density at radius 3 is 2.48 bits per heavy atom. The van der Waals surface area contributed by atoms with Crippen molar-refractivity contribution in [3.63, 3.8) is 0 Å². The number of benzene rings is 1. The molecule has 0 spiro atoms. The van der Waals surface area contributed by atoms with Crippen molar-refractivity contribution in [1.82, 2.24) is 19.5 Å². The number of rotatable bonds is 4. The molecular formula is C12H14Br2N4O2S. The molecule has 0 amide bonds. The molecule has 9 heteroatoms. The van der Waals surface area contributed by atoms with Crippen LogP contribution in [-0.4, -0.2) is 35.0 Å². The van der Waals surface area contributed by atoms with E-state index in [1.807, 2.05) is 6.92 Å². The molecule has 0 saturated heterocycles. The number of nitrogens with zero attached hydrogens (tertiary/aromatic N) is 3. The Hall–Kier alpha value is -0.770. The SMILES string of the molecule is Cc1nc(CN(C)S(=O)(=O)c2cc(Br)c(C)cc2Br)n[nH]1. The molecule has 0 aliphatic heterocycles. The average molecular weight is 438 g/mol. The van der Waals surface area contributed by atoms with Crippen LogP contribution in [0.25, 0.3) is 0 Å². The number of aromatic nitrogens is 3. The maximum absolute atomic E-state index is 12.6. The molecule has 0 aliphatic carbocycles. The van der Waals surface area contributed by atoms with Crippen LogP contribution in [0.2, 0.25) is 0 Å². The predicted molar refractivity (Wildman–Crippen MR) is 86.4 cm³/mol. The summed E-state index contributed by atoms with van der Waals surface area (Å²) in [5, 5.41) is 6.65. The van der Waals surface area contributed by atoms with Gasteiger partial charge in [-0.05, 0) is 47.5 Å². The van der Waals surface area contributed by atoms with Gasteiger partial charge in [0.15, 0.2) is 5.82 Å². The van der Waals surface area contributed by atoms with Crippen molar-refractivity contribution in [2.45, 2.75) is 25.3 Å². The van der Waals surface area contributed by atoms with E-state index in [9.17, 15) is 8.42 Å². The first-order chi connectivity index (χ1) is 9.71. The van der Waals surface area contributed by atoms with Crippen LogP contribution >= 0.6 is 31.9 Å². The van der Waals surface area contributed by atoms with Crippen molar-refractivity contribution in [2.75, 3.05) is 7.05 Å². The molecular weight excluding hydrogens is 424 g/mol. The number of halogens is 2. The van der Waals surface area contributed by atoms with Gasteiger partial charge in [0.25, 0.3) is 0 Å². The van der Waals surface area contributed by atoms with Gasteiger partial charge in [-0.25, -0.2) is 13.4 Å². The summed E-state index contributed by atoms with van der Waals surface area (Å²) in [6.45, 7) is 3.76. The zero-order chi connectivity index (χ0) is 15.8. The third kappa shape index (κ3) is 3.53. The second-order valence-corrected chi connectivity index (χ2v) is 8.35. The third-order valence-corrected chi connectivity index (χ3v) is 6.53. The fourth-order valence-electron chi connectivity index (χ4n) is 1.74. The van der Waals surface area contributed by atoms with Crippen molar-refractivity contribution in [1.29, 1.82) is 0 Å². The fraction of sp³-hybridized carbons (Fsp3) is 0.333. The predicted octanol–water partition coefficient (Wildman–Crippen LogP) is 2.77. The first-order valence-corrected chi connectivity index (χ1v) is 9.04. The lowest BCUT2D eigenvalue weighted by molar-refractivity contribution is 0.456. The Kier molecular flexibility index (Phi) is 4.86. The lowest BCUT2D eigenvalue weighted by Gasteiger charge is -2.17. The highest BCUT2D eigenvalue weighted by Crippen LogP contribution is 2.30. The van der Waals surface area contributed by atoms with E-state index in [0.29, 0.717) is 16.1 Å². The Bertz CT molecular complexity index is 774. The summed E-state index contributed by atoms with van der Waals surface area (Å²) in [6, 6.07) is 3.36. The van der Waals surface area contributed by atoms with Gasteiger partial charge in [0, 0.05) is 16.0 Å². The van der Waals surface area contributed by atoms with Gasteiger partial charge in [0.2, 0.25) is 10.0 Å². The van der Waals surface area contributed by atoms with Crippen LogP contribution in [0, 0.1) is 13.8 Å². The van der Waals surface area contributed by atoms with E-state index in [-0.39, 0.29) is 11.4 Å². The summed E-state index contributed by atoms with van der Waals surface area (Å²) in [6.07, 6.45) is 0. The zero-order valence-corrected chi connectivity index (χ0v) is 15.7. The van der Waals surface area contributed by atoms with Crippen LogP contribution in [0.4, 0.5) is 0 Å². The minimum absolute atomic E-state index is 0.102. The molecule has 1 aromatic carbocycles. The number of hydrogen-bond donors (Lipinski definition) is 1. The molecule has 2 aromatic rings. The molecule has 0 radical (unpaired) electrons. The highest BCUT2D eigenvalue weighted by molar-refractivity contribution is 9.11. The standard InChI is InChI=1S/C12H14Br2N4O2S/c1-7-4-10(14)11(5-9(7)13)21(19,20)18(3)6-12-15-8(2)16-17-12/h4-5H,6H2,1-3H3,(H,15,16,17). The van der Waals surface area contributed by atoms with Gasteiger partial charge >= 0.3 is 0 Å². The molecule has 1 aromatic heterocycles. The lowest BCUT2D eigenvalue weighted by Crippen LogP contribution is -2.27. The van der Waals surface area contributed by atoms with Crippen LogP contribution in [0.5, 0.6) is 0 Å². The van der Waals surface area contributed by atoms with Crippen LogP contribution < -0.4 is 0 Å². The molecule has 21 heavy (non-hydrogen) atoms. The molecule has 1 N–H and O–H groups in total. The second kappa shape index (κ2) is 6.15. The Morgan fingerprint density at radius 2 is 1.90 bits per heavy atom. The number of H-pyrrole nitrogens is 1. The molecule has 0 atom stereocenters. The van der Waals surface area contributed by atoms with E-state index >= 15 is 0 Å². The van der Waals surface area contributed by atoms with Gasteiger partial charge in [-0.15, -0.1) is 0 Å². The maximum atomic E-state index is 12.6. The molecule has 2 rings (SSSR count). The summed E-state index contributed by atoms with van der Waals surface area (Å²) in [5.74, 6) is 1.08. The van der Waals surface area contributed by atoms with Crippen LogP contribution in [0.3, 0.4) is 0 Å². The molecule has 0 unspecified atom stereocenters. The summed E-state index contributed by atoms with van der Waals surface area (Å²) >= 11 is 6.67. The topological polar surface area (TPSA) is 79.0 Å². The van der Waals surface area contributed by atoms with Gasteiger partial charge < -0.3 is 0 Å². The van der Waals surface area contributed by atoms with Crippen LogP contribution in [0.15, 0.2) is 26.0 Å². The first-order valence-electron chi connectivity index (χ1n) is 6.01. The third-order valence-electron chi connectivity index (χ3n) is 2.91. The van der Waals surface area contributed by atoms with Gasteiger partial charge in [-0.3, -0.25) is 5.10 Å². The van der Waals surface area contributed by atoms with Crippen LogP contribution in [0.1, 0.15) is 17.2 Å². The normalized spacial score (nSPS) is 12.1. The van der Waals surface area contributed by atoms with E-state index < -0.39 is 10.0 Å². The molecule has 114 valence electrons. The summed E-state index contributed by atoms with van der Waals surface area (Å²) < 4.78 is 27.8. The van der Waals surface area contributed by atoms with E-state index in [2.05, 4.69) is 47.0 Å². The van der Waals surface area contributed by atoms with Crippen molar-refractivity contribution in [3.8, 4) is 0 Å². The molecule has 0 aliphatic rings. The molecule has 1 heterocycles. The Labute approximate surface area is 140 Å². The number of sulfonamides is 1. The number of nitrogens with one attached hydrogen (secondary N) is 1. The van der Waals surface area contributed by atoms with E-state index in [0.717, 1.165) is 10.0 Å². The number of aromatic amines is 1. The minimum atomic E-state index is -3.64. The van der Waals surface area contributed by atoms with Gasteiger partial charge in [0.1, 0.15) is 5.82 Å².